The van der Waals surface area contributed by atoms with E-state index in [0.29, 0.717) is 11.3 Å². The van der Waals surface area contributed by atoms with Crippen molar-refractivity contribution in [1.29, 1.82) is 0 Å². The van der Waals surface area contributed by atoms with Crippen LogP contribution in [0.5, 0.6) is 5.75 Å². The van der Waals surface area contributed by atoms with Crippen LogP contribution in [-0.4, -0.2) is 17.9 Å². The lowest BCUT2D eigenvalue weighted by atomic mass is 10.2. The number of carbonyl (C=O) groups excluding carboxylic acids is 2. The summed E-state index contributed by atoms with van der Waals surface area (Å²) >= 11 is 0. The van der Waals surface area contributed by atoms with Gasteiger partial charge in [0.05, 0.1) is 6.10 Å². The van der Waals surface area contributed by atoms with Crippen molar-refractivity contribution in [3.8, 4) is 5.75 Å². The van der Waals surface area contributed by atoms with Gasteiger partial charge in [-0.3, -0.25) is 20.4 Å². The van der Waals surface area contributed by atoms with Gasteiger partial charge in [-0.15, -0.1) is 0 Å². The number of nitrogens with one attached hydrogen (secondary N) is 2. The van der Waals surface area contributed by atoms with Crippen LogP contribution in [-0.2, 0) is 4.79 Å². The number of amides is 2. The van der Waals surface area contributed by atoms with Gasteiger partial charge in [0.1, 0.15) is 5.75 Å². The molecule has 0 saturated carbocycles. The van der Waals surface area contributed by atoms with E-state index in [4.69, 9.17) is 4.74 Å². The first-order chi connectivity index (χ1) is 10.0. The standard InChI is InChI=1S/C16H20N2O3/c1-4-5-6-7-15(19)17-18-16(20)13-8-10-14(11-9-13)21-12(2)3/h4-12H,1-3H3,(H,17,19)(H,18,20)/b5-4+,7-6-. The zero-order chi connectivity index (χ0) is 15.7. The van der Waals surface area contributed by atoms with E-state index in [2.05, 4.69) is 10.9 Å². The fourth-order valence-corrected chi connectivity index (χ4v) is 1.44. The highest BCUT2D eigenvalue weighted by atomic mass is 16.5. The monoisotopic (exact) mass is 288 g/mol. The van der Waals surface area contributed by atoms with Crippen LogP contribution in [0.2, 0.25) is 0 Å². The summed E-state index contributed by atoms with van der Waals surface area (Å²) in [6, 6.07) is 6.69. The number of rotatable bonds is 5. The Balaban J connectivity index is 2.50. The Morgan fingerprint density at radius 2 is 1.76 bits per heavy atom. The molecular formula is C16H20N2O3. The highest BCUT2D eigenvalue weighted by Gasteiger charge is 2.06. The first-order valence-electron chi connectivity index (χ1n) is 6.69. The van der Waals surface area contributed by atoms with Gasteiger partial charge in [-0.05, 0) is 45.0 Å². The quantitative estimate of drug-likeness (QED) is 0.496. The normalized spacial score (nSPS) is 11.0. The van der Waals surface area contributed by atoms with Gasteiger partial charge in [0, 0.05) is 11.6 Å². The summed E-state index contributed by atoms with van der Waals surface area (Å²) in [4.78, 5) is 23.2. The summed E-state index contributed by atoms with van der Waals surface area (Å²) < 4.78 is 5.49. The van der Waals surface area contributed by atoms with E-state index in [1.807, 2.05) is 20.8 Å². The number of benzene rings is 1. The average molecular weight is 288 g/mol. The molecule has 0 saturated heterocycles. The molecule has 0 radical (unpaired) electrons. The Morgan fingerprint density at radius 1 is 1.10 bits per heavy atom. The molecule has 1 rings (SSSR count). The number of hydrogen-bond donors (Lipinski definition) is 2. The fraction of sp³-hybridized carbons (Fsp3) is 0.250. The maximum absolute atomic E-state index is 11.8. The molecule has 0 spiro atoms. The second-order valence-electron chi connectivity index (χ2n) is 4.52. The lowest BCUT2D eigenvalue weighted by Crippen LogP contribution is -2.40. The van der Waals surface area contributed by atoms with Crippen LogP contribution in [0.1, 0.15) is 31.1 Å². The Bertz CT molecular complexity index is 531. The molecule has 2 amide bonds. The minimum Gasteiger partial charge on any atom is -0.491 e. The predicted octanol–water partition coefficient (Wildman–Crippen LogP) is 2.37. The maximum atomic E-state index is 11.8. The molecule has 0 aromatic heterocycles. The number of hydrazine groups is 1. The van der Waals surface area contributed by atoms with Crippen LogP contribution in [0.4, 0.5) is 0 Å². The number of allylic oxidation sites excluding steroid dienone is 3. The van der Waals surface area contributed by atoms with E-state index in [0.717, 1.165) is 0 Å². The molecule has 2 N–H and O–H groups in total. The number of ether oxygens (including phenoxy) is 1. The summed E-state index contributed by atoms with van der Waals surface area (Å²) in [6.45, 7) is 5.70. The molecule has 1 aromatic rings. The molecule has 0 atom stereocenters. The molecule has 5 nitrogen and oxygen atoms in total. The third-order valence-corrected chi connectivity index (χ3v) is 2.34. The molecular weight excluding hydrogens is 268 g/mol. The molecule has 0 heterocycles. The van der Waals surface area contributed by atoms with Gasteiger partial charge < -0.3 is 4.74 Å². The molecule has 0 bridgehead atoms. The second kappa shape index (κ2) is 8.58. The zero-order valence-electron chi connectivity index (χ0n) is 12.4. The van der Waals surface area contributed by atoms with Crippen molar-refractivity contribution in [3.63, 3.8) is 0 Å². The zero-order valence-corrected chi connectivity index (χ0v) is 12.4. The molecule has 0 aliphatic rings. The van der Waals surface area contributed by atoms with Crippen molar-refractivity contribution in [2.75, 3.05) is 0 Å². The van der Waals surface area contributed by atoms with Crippen LogP contribution in [0.15, 0.2) is 48.6 Å². The molecule has 0 fully saturated rings. The van der Waals surface area contributed by atoms with Crippen LogP contribution >= 0.6 is 0 Å². The van der Waals surface area contributed by atoms with Crippen molar-refractivity contribution >= 4 is 11.8 Å². The third kappa shape index (κ3) is 6.42. The largest absolute Gasteiger partial charge is 0.491 e. The first kappa shape index (κ1) is 16.5. The highest BCUT2D eigenvalue weighted by Crippen LogP contribution is 2.13. The van der Waals surface area contributed by atoms with E-state index >= 15 is 0 Å². The molecule has 1 aromatic carbocycles. The van der Waals surface area contributed by atoms with E-state index in [1.165, 1.54) is 6.08 Å². The lowest BCUT2D eigenvalue weighted by Gasteiger charge is -2.10. The van der Waals surface area contributed by atoms with Crippen LogP contribution in [0, 0.1) is 0 Å². The lowest BCUT2D eigenvalue weighted by molar-refractivity contribution is -0.117. The molecule has 0 aliphatic carbocycles. The fourth-order valence-electron chi connectivity index (χ4n) is 1.44. The average Bonchev–Trinajstić information content (AvgIpc) is 2.45. The smallest absolute Gasteiger partial charge is 0.269 e. The molecule has 0 aliphatic heterocycles. The molecule has 5 heteroatoms. The van der Waals surface area contributed by atoms with Gasteiger partial charge in [-0.1, -0.05) is 18.2 Å². The summed E-state index contributed by atoms with van der Waals surface area (Å²) in [6.07, 6.45) is 6.49. The van der Waals surface area contributed by atoms with E-state index in [9.17, 15) is 9.59 Å². The third-order valence-electron chi connectivity index (χ3n) is 2.34. The van der Waals surface area contributed by atoms with Crippen molar-refractivity contribution in [2.45, 2.75) is 26.9 Å². The SMILES string of the molecule is C/C=C/C=C\C(=O)NNC(=O)c1ccc(OC(C)C)cc1. The van der Waals surface area contributed by atoms with Gasteiger partial charge in [0.15, 0.2) is 0 Å². The highest BCUT2D eigenvalue weighted by molar-refractivity contribution is 5.96. The minimum absolute atomic E-state index is 0.0768. The molecule has 112 valence electrons. The van der Waals surface area contributed by atoms with Crippen molar-refractivity contribution in [3.05, 3.63) is 54.1 Å². The summed E-state index contributed by atoms with van der Waals surface area (Å²) in [7, 11) is 0. The van der Waals surface area contributed by atoms with Crippen molar-refractivity contribution in [2.24, 2.45) is 0 Å². The Hall–Kier alpha value is -2.56. The van der Waals surface area contributed by atoms with E-state index in [-0.39, 0.29) is 12.0 Å². The van der Waals surface area contributed by atoms with Gasteiger partial charge in [0.25, 0.3) is 11.8 Å². The topological polar surface area (TPSA) is 67.4 Å². The summed E-state index contributed by atoms with van der Waals surface area (Å²) in [5, 5.41) is 0. The van der Waals surface area contributed by atoms with Crippen LogP contribution < -0.4 is 15.6 Å². The van der Waals surface area contributed by atoms with Crippen LogP contribution in [0.3, 0.4) is 0 Å². The minimum atomic E-state index is -0.402. The van der Waals surface area contributed by atoms with Gasteiger partial charge in [-0.25, -0.2) is 0 Å². The van der Waals surface area contributed by atoms with Gasteiger partial charge in [-0.2, -0.15) is 0 Å². The first-order valence-corrected chi connectivity index (χ1v) is 6.69. The summed E-state index contributed by atoms with van der Waals surface area (Å²) in [5.74, 6) is -0.0973. The van der Waals surface area contributed by atoms with Crippen molar-refractivity contribution < 1.29 is 14.3 Å². The van der Waals surface area contributed by atoms with Gasteiger partial charge >= 0.3 is 0 Å². The Kier molecular flexibility index (Phi) is 6.74. The Morgan fingerprint density at radius 3 is 2.33 bits per heavy atom. The Labute approximate surface area is 124 Å². The van der Waals surface area contributed by atoms with E-state index in [1.54, 1.807) is 42.5 Å². The number of hydrogen-bond acceptors (Lipinski definition) is 3. The molecule has 0 unspecified atom stereocenters. The summed E-state index contributed by atoms with van der Waals surface area (Å²) in [5.41, 5.74) is 5.06. The molecule has 21 heavy (non-hydrogen) atoms. The predicted molar refractivity (Wildman–Crippen MR) is 81.8 cm³/mol. The number of carbonyl (C=O) groups is 2. The van der Waals surface area contributed by atoms with Gasteiger partial charge in [0.2, 0.25) is 0 Å². The second-order valence-corrected chi connectivity index (χ2v) is 4.52. The van der Waals surface area contributed by atoms with Crippen molar-refractivity contribution in [1.82, 2.24) is 10.9 Å². The maximum Gasteiger partial charge on any atom is 0.269 e. The van der Waals surface area contributed by atoms with Crippen LogP contribution in [0.25, 0.3) is 0 Å². The van der Waals surface area contributed by atoms with E-state index < -0.39 is 5.91 Å².